The van der Waals surface area contributed by atoms with Gasteiger partial charge in [0.2, 0.25) is 0 Å². The van der Waals surface area contributed by atoms with E-state index in [2.05, 4.69) is 37.3 Å². The second kappa shape index (κ2) is 5.89. The quantitative estimate of drug-likeness (QED) is 0.887. The highest BCUT2D eigenvalue weighted by Gasteiger charge is 2.06. The lowest BCUT2D eigenvalue weighted by Gasteiger charge is -2.11. The first kappa shape index (κ1) is 12.2. The minimum Gasteiger partial charge on any atom is -0.330 e. The van der Waals surface area contributed by atoms with Crippen LogP contribution in [0.25, 0.3) is 0 Å². The van der Waals surface area contributed by atoms with Gasteiger partial charge in [0.25, 0.3) is 0 Å². The van der Waals surface area contributed by atoms with Gasteiger partial charge in [-0.25, -0.2) is 0 Å². The lowest BCUT2D eigenvalue weighted by Crippen LogP contribution is -2.05. The Morgan fingerprint density at radius 3 is 2.47 bits per heavy atom. The molecule has 0 amide bonds. The minimum absolute atomic E-state index is 0.662. The molecule has 2 aromatic rings. The molecule has 0 fully saturated rings. The first-order valence-electron chi connectivity index (χ1n) is 5.68. The highest BCUT2D eigenvalue weighted by atomic mass is 32.2. The van der Waals surface area contributed by atoms with E-state index in [0.29, 0.717) is 6.54 Å². The molecular formula is C15H16NS. The SMILES string of the molecule is [CH2]c1cccc(Sc2ccccc2)c1CCN. The molecule has 1 radical (unpaired) electrons. The molecule has 0 aliphatic carbocycles. The van der Waals surface area contributed by atoms with Gasteiger partial charge in [-0.1, -0.05) is 42.1 Å². The zero-order chi connectivity index (χ0) is 12.1. The third-order valence-corrected chi connectivity index (χ3v) is 3.71. The van der Waals surface area contributed by atoms with E-state index in [1.165, 1.54) is 15.4 Å². The Morgan fingerprint density at radius 1 is 1.00 bits per heavy atom. The van der Waals surface area contributed by atoms with Crippen molar-refractivity contribution in [1.29, 1.82) is 0 Å². The fraction of sp³-hybridized carbons (Fsp3) is 0.133. The first-order valence-corrected chi connectivity index (χ1v) is 6.49. The summed E-state index contributed by atoms with van der Waals surface area (Å²) in [6.45, 7) is 4.73. The molecule has 0 atom stereocenters. The van der Waals surface area contributed by atoms with Crippen LogP contribution in [0.15, 0.2) is 58.3 Å². The molecule has 2 aromatic carbocycles. The Kier molecular flexibility index (Phi) is 4.24. The summed E-state index contributed by atoms with van der Waals surface area (Å²) in [7, 11) is 0. The Morgan fingerprint density at radius 2 is 1.76 bits per heavy atom. The number of hydrogen-bond donors (Lipinski definition) is 1. The molecule has 2 N–H and O–H groups in total. The van der Waals surface area contributed by atoms with E-state index >= 15 is 0 Å². The van der Waals surface area contributed by atoms with Gasteiger partial charge in [-0.15, -0.1) is 0 Å². The summed E-state index contributed by atoms with van der Waals surface area (Å²) in [5.41, 5.74) is 8.00. The average molecular weight is 242 g/mol. The second-order valence-corrected chi connectivity index (χ2v) is 4.96. The van der Waals surface area contributed by atoms with Crippen LogP contribution in [0, 0.1) is 6.92 Å². The summed E-state index contributed by atoms with van der Waals surface area (Å²) in [5, 5.41) is 0. The predicted molar refractivity (Wildman–Crippen MR) is 74.2 cm³/mol. The van der Waals surface area contributed by atoms with Crippen molar-refractivity contribution in [3.05, 3.63) is 66.6 Å². The van der Waals surface area contributed by atoms with Crippen molar-refractivity contribution in [3.8, 4) is 0 Å². The first-order chi connectivity index (χ1) is 8.31. The van der Waals surface area contributed by atoms with Crippen molar-refractivity contribution >= 4 is 11.8 Å². The standard InChI is InChI=1S/C15H16NS/c1-12-6-5-9-15(14(12)10-11-16)17-13-7-3-2-4-8-13/h2-9H,1,10-11,16H2. The number of hydrogen-bond acceptors (Lipinski definition) is 2. The van der Waals surface area contributed by atoms with Gasteiger partial charge in [-0.3, -0.25) is 0 Å². The molecule has 0 aliphatic heterocycles. The van der Waals surface area contributed by atoms with E-state index in [-0.39, 0.29) is 0 Å². The van der Waals surface area contributed by atoms with Crippen LogP contribution < -0.4 is 5.73 Å². The number of rotatable bonds is 4. The summed E-state index contributed by atoms with van der Waals surface area (Å²) in [4.78, 5) is 2.51. The molecule has 17 heavy (non-hydrogen) atoms. The lowest BCUT2D eigenvalue weighted by molar-refractivity contribution is 0.938. The topological polar surface area (TPSA) is 26.0 Å². The van der Waals surface area contributed by atoms with Crippen LogP contribution in [0.4, 0.5) is 0 Å². The van der Waals surface area contributed by atoms with Crippen molar-refractivity contribution in [2.45, 2.75) is 16.2 Å². The number of benzene rings is 2. The van der Waals surface area contributed by atoms with Crippen molar-refractivity contribution in [1.82, 2.24) is 0 Å². The van der Waals surface area contributed by atoms with Crippen LogP contribution in [0.3, 0.4) is 0 Å². The van der Waals surface area contributed by atoms with Gasteiger partial charge in [0.15, 0.2) is 0 Å². The minimum atomic E-state index is 0.662. The van der Waals surface area contributed by atoms with Crippen LogP contribution in [-0.2, 0) is 6.42 Å². The van der Waals surface area contributed by atoms with E-state index in [4.69, 9.17) is 5.73 Å². The van der Waals surface area contributed by atoms with E-state index < -0.39 is 0 Å². The van der Waals surface area contributed by atoms with Crippen molar-refractivity contribution in [3.63, 3.8) is 0 Å². The third-order valence-electron chi connectivity index (χ3n) is 2.60. The molecule has 1 nitrogen and oxygen atoms in total. The highest BCUT2D eigenvalue weighted by molar-refractivity contribution is 7.99. The molecular weight excluding hydrogens is 226 g/mol. The molecule has 0 spiro atoms. The molecule has 0 aliphatic rings. The van der Waals surface area contributed by atoms with Crippen molar-refractivity contribution < 1.29 is 0 Å². The Bertz CT molecular complexity index is 480. The predicted octanol–water partition coefficient (Wildman–Crippen LogP) is 3.52. The normalized spacial score (nSPS) is 10.5. The van der Waals surface area contributed by atoms with Crippen LogP contribution >= 0.6 is 11.8 Å². The van der Waals surface area contributed by atoms with Gasteiger partial charge < -0.3 is 5.73 Å². The average Bonchev–Trinajstić information content (AvgIpc) is 2.35. The maximum absolute atomic E-state index is 5.65. The van der Waals surface area contributed by atoms with Gasteiger partial charge in [0.05, 0.1) is 0 Å². The van der Waals surface area contributed by atoms with Crippen LogP contribution in [-0.4, -0.2) is 6.54 Å². The lowest BCUT2D eigenvalue weighted by atomic mass is 10.1. The van der Waals surface area contributed by atoms with Gasteiger partial charge in [-0.05, 0) is 49.2 Å². The smallest absolute Gasteiger partial charge is 0.0157 e. The molecule has 0 heterocycles. The molecule has 87 valence electrons. The zero-order valence-electron chi connectivity index (χ0n) is 9.73. The summed E-state index contributed by atoms with van der Waals surface area (Å²) < 4.78 is 0. The Balaban J connectivity index is 2.29. The van der Waals surface area contributed by atoms with E-state index in [1.807, 2.05) is 18.2 Å². The summed E-state index contributed by atoms with van der Waals surface area (Å²) in [5.74, 6) is 0. The Labute approximate surface area is 107 Å². The fourth-order valence-corrected chi connectivity index (χ4v) is 2.80. The molecule has 2 heteroatoms. The summed E-state index contributed by atoms with van der Waals surface area (Å²) in [6, 6.07) is 16.6. The van der Waals surface area contributed by atoms with Gasteiger partial charge in [0.1, 0.15) is 0 Å². The fourth-order valence-electron chi connectivity index (χ4n) is 1.75. The molecule has 0 bridgehead atoms. The molecule has 0 unspecified atom stereocenters. The van der Waals surface area contributed by atoms with E-state index in [9.17, 15) is 0 Å². The van der Waals surface area contributed by atoms with Gasteiger partial charge in [-0.2, -0.15) is 0 Å². The van der Waals surface area contributed by atoms with Crippen LogP contribution in [0.2, 0.25) is 0 Å². The van der Waals surface area contributed by atoms with Crippen LogP contribution in [0.5, 0.6) is 0 Å². The van der Waals surface area contributed by atoms with E-state index in [1.54, 1.807) is 11.8 Å². The largest absolute Gasteiger partial charge is 0.330 e. The Hall–Kier alpha value is -1.25. The summed E-state index contributed by atoms with van der Waals surface area (Å²) in [6.07, 6.45) is 0.884. The second-order valence-electron chi connectivity index (χ2n) is 3.85. The zero-order valence-corrected chi connectivity index (χ0v) is 10.5. The maximum atomic E-state index is 5.65. The van der Waals surface area contributed by atoms with E-state index in [0.717, 1.165) is 12.0 Å². The van der Waals surface area contributed by atoms with Crippen LogP contribution in [0.1, 0.15) is 11.1 Å². The number of nitrogens with two attached hydrogens (primary N) is 1. The van der Waals surface area contributed by atoms with Gasteiger partial charge in [0, 0.05) is 9.79 Å². The maximum Gasteiger partial charge on any atom is 0.0157 e. The monoisotopic (exact) mass is 242 g/mol. The highest BCUT2D eigenvalue weighted by Crippen LogP contribution is 2.31. The van der Waals surface area contributed by atoms with Crippen molar-refractivity contribution in [2.75, 3.05) is 6.54 Å². The van der Waals surface area contributed by atoms with Gasteiger partial charge >= 0.3 is 0 Å². The molecule has 2 rings (SSSR count). The van der Waals surface area contributed by atoms with Crippen molar-refractivity contribution in [2.24, 2.45) is 5.73 Å². The summed E-state index contributed by atoms with van der Waals surface area (Å²) >= 11 is 1.77. The molecule has 0 aromatic heterocycles. The molecule has 0 saturated heterocycles. The molecule has 0 saturated carbocycles. The third kappa shape index (κ3) is 3.11.